The third-order valence-electron chi connectivity index (χ3n) is 5.58. The maximum Gasteiger partial charge on any atom is 0.343 e. The van der Waals surface area contributed by atoms with Gasteiger partial charge >= 0.3 is 5.69 Å². The van der Waals surface area contributed by atoms with Gasteiger partial charge in [-0.1, -0.05) is 68.8 Å². The third kappa shape index (κ3) is 5.25. The van der Waals surface area contributed by atoms with Gasteiger partial charge in [-0.05, 0) is 30.2 Å². The highest BCUT2D eigenvalue weighted by molar-refractivity contribution is 7.99. The monoisotopic (exact) mass is 388 g/mol. The van der Waals surface area contributed by atoms with Crippen molar-refractivity contribution in [3.05, 3.63) is 46.4 Å². The van der Waals surface area contributed by atoms with Gasteiger partial charge in [0.15, 0.2) is 5.16 Å². The molecule has 3 atom stereocenters. The molecule has 1 heterocycles. The first-order valence-electron chi connectivity index (χ1n) is 9.66. The number of nitrogens with one attached hydrogen (secondary N) is 2. The maximum atomic E-state index is 12.4. The predicted octanol–water partition coefficient (Wildman–Crippen LogP) is 2.85. The minimum atomic E-state index is -0.233. The summed E-state index contributed by atoms with van der Waals surface area (Å²) >= 11 is 1.31. The molecule has 1 fully saturated rings. The highest BCUT2D eigenvalue weighted by Crippen LogP contribution is 2.29. The molecule has 1 aliphatic rings. The van der Waals surface area contributed by atoms with Crippen molar-refractivity contribution in [1.82, 2.24) is 20.1 Å². The van der Waals surface area contributed by atoms with Gasteiger partial charge in [-0.3, -0.25) is 9.36 Å². The molecule has 1 aromatic carbocycles. The molecule has 1 aromatic heterocycles. The molecule has 27 heavy (non-hydrogen) atoms. The number of carbonyl (C=O) groups is 1. The molecule has 0 saturated heterocycles. The molecule has 0 radical (unpaired) electrons. The van der Waals surface area contributed by atoms with Gasteiger partial charge in [-0.25, -0.2) is 9.89 Å². The molecular weight excluding hydrogens is 360 g/mol. The van der Waals surface area contributed by atoms with Gasteiger partial charge in [0, 0.05) is 12.6 Å². The number of carbonyl (C=O) groups excluding carboxylic acids is 1. The van der Waals surface area contributed by atoms with Gasteiger partial charge in [0.25, 0.3) is 0 Å². The molecule has 6 nitrogen and oxygen atoms in total. The first-order valence-corrected chi connectivity index (χ1v) is 10.6. The highest BCUT2D eigenvalue weighted by Gasteiger charge is 2.28. The van der Waals surface area contributed by atoms with Crippen molar-refractivity contribution < 1.29 is 4.79 Å². The van der Waals surface area contributed by atoms with Gasteiger partial charge in [0.2, 0.25) is 5.91 Å². The number of hydrogen-bond donors (Lipinski definition) is 2. The van der Waals surface area contributed by atoms with E-state index in [1.165, 1.54) is 30.2 Å². The summed E-state index contributed by atoms with van der Waals surface area (Å²) in [6.07, 6.45) is 4.20. The van der Waals surface area contributed by atoms with Crippen molar-refractivity contribution in [3.8, 4) is 0 Å². The summed E-state index contributed by atoms with van der Waals surface area (Å²) in [5.74, 6) is 1.43. The third-order valence-corrected chi connectivity index (χ3v) is 6.55. The van der Waals surface area contributed by atoms with Crippen molar-refractivity contribution >= 4 is 17.7 Å². The van der Waals surface area contributed by atoms with E-state index in [0.717, 1.165) is 12.8 Å². The molecule has 7 heteroatoms. The molecule has 2 N–H and O–H groups in total. The Morgan fingerprint density at radius 3 is 2.85 bits per heavy atom. The van der Waals surface area contributed by atoms with Crippen LogP contribution in [0.15, 0.2) is 40.3 Å². The topological polar surface area (TPSA) is 79.8 Å². The minimum Gasteiger partial charge on any atom is -0.352 e. The lowest BCUT2D eigenvalue weighted by molar-refractivity contribution is -0.120. The van der Waals surface area contributed by atoms with E-state index in [1.807, 2.05) is 30.3 Å². The quantitative estimate of drug-likeness (QED) is 0.715. The fraction of sp³-hybridized carbons (Fsp3) is 0.550. The van der Waals surface area contributed by atoms with Crippen molar-refractivity contribution in [1.29, 1.82) is 0 Å². The number of benzene rings is 1. The number of amides is 1. The van der Waals surface area contributed by atoms with E-state index >= 15 is 0 Å². The number of aryl methyl sites for hydroxylation is 1. The smallest absolute Gasteiger partial charge is 0.343 e. The van der Waals surface area contributed by atoms with E-state index in [0.29, 0.717) is 23.5 Å². The van der Waals surface area contributed by atoms with Crippen LogP contribution in [-0.4, -0.2) is 32.5 Å². The van der Waals surface area contributed by atoms with Gasteiger partial charge in [-0.2, -0.15) is 0 Å². The van der Waals surface area contributed by atoms with E-state index in [1.54, 1.807) is 4.57 Å². The molecule has 2 aromatic rings. The van der Waals surface area contributed by atoms with E-state index in [9.17, 15) is 9.59 Å². The zero-order chi connectivity index (χ0) is 19.2. The molecule has 3 rings (SSSR count). The Morgan fingerprint density at radius 2 is 2.07 bits per heavy atom. The number of aromatic amines is 1. The lowest BCUT2D eigenvalue weighted by atomic mass is 9.78. The average Bonchev–Trinajstić information content (AvgIpc) is 3.02. The Balaban J connectivity index is 1.53. The molecule has 0 aliphatic heterocycles. The molecule has 1 amide bonds. The summed E-state index contributed by atoms with van der Waals surface area (Å²) in [4.78, 5) is 24.4. The van der Waals surface area contributed by atoms with E-state index in [4.69, 9.17) is 0 Å². The van der Waals surface area contributed by atoms with Crippen LogP contribution in [0.3, 0.4) is 0 Å². The number of thioether (sulfide) groups is 1. The molecule has 0 spiro atoms. The van der Waals surface area contributed by atoms with Crippen LogP contribution in [0.1, 0.15) is 38.7 Å². The lowest BCUT2D eigenvalue weighted by Gasteiger charge is -2.34. The summed E-state index contributed by atoms with van der Waals surface area (Å²) in [5.41, 5.74) is 0.934. The Morgan fingerprint density at radius 1 is 1.30 bits per heavy atom. The van der Waals surface area contributed by atoms with Crippen LogP contribution in [-0.2, 0) is 17.8 Å². The summed E-state index contributed by atoms with van der Waals surface area (Å²) in [6.45, 7) is 5.02. The number of rotatable bonds is 7. The van der Waals surface area contributed by atoms with Crippen molar-refractivity contribution in [2.75, 3.05) is 5.75 Å². The predicted molar refractivity (Wildman–Crippen MR) is 108 cm³/mol. The van der Waals surface area contributed by atoms with Crippen molar-refractivity contribution in [2.24, 2.45) is 11.8 Å². The van der Waals surface area contributed by atoms with Crippen molar-refractivity contribution in [3.63, 3.8) is 0 Å². The van der Waals surface area contributed by atoms with Gasteiger partial charge in [-0.15, -0.1) is 5.10 Å². The summed E-state index contributed by atoms with van der Waals surface area (Å²) in [6, 6.07) is 10.3. The number of nitrogens with zero attached hydrogens (tertiary/aromatic N) is 2. The van der Waals surface area contributed by atoms with Gasteiger partial charge in [0.05, 0.1) is 5.75 Å². The van der Waals surface area contributed by atoms with Gasteiger partial charge in [0.1, 0.15) is 0 Å². The number of H-pyrrole nitrogens is 1. The Kier molecular flexibility index (Phi) is 6.77. The van der Waals surface area contributed by atoms with E-state index in [-0.39, 0.29) is 23.4 Å². The zero-order valence-electron chi connectivity index (χ0n) is 16.0. The minimum absolute atomic E-state index is 0.0102. The fourth-order valence-corrected chi connectivity index (χ4v) is 4.44. The second-order valence-corrected chi connectivity index (χ2v) is 8.37. The molecule has 0 bridgehead atoms. The zero-order valence-corrected chi connectivity index (χ0v) is 16.8. The normalized spacial score (nSPS) is 22.5. The van der Waals surface area contributed by atoms with E-state index in [2.05, 4.69) is 29.4 Å². The van der Waals surface area contributed by atoms with Crippen LogP contribution >= 0.6 is 11.8 Å². The van der Waals surface area contributed by atoms with Crippen LogP contribution in [0.4, 0.5) is 0 Å². The van der Waals surface area contributed by atoms with Crippen LogP contribution in [0.5, 0.6) is 0 Å². The second kappa shape index (κ2) is 9.26. The average molecular weight is 389 g/mol. The summed E-state index contributed by atoms with van der Waals surface area (Å²) < 4.78 is 1.61. The Labute approximate surface area is 164 Å². The summed E-state index contributed by atoms with van der Waals surface area (Å²) in [7, 11) is 0. The second-order valence-electron chi connectivity index (χ2n) is 7.43. The standard InChI is InChI=1S/C20H28N4O2S/c1-14-7-6-10-17(15(14)2)21-18(25)13-27-20-23-22-19(26)24(20)12-11-16-8-4-3-5-9-16/h3-5,8-9,14-15,17H,6-7,10-13H2,1-2H3,(H,21,25)(H,22,26)/t14-,15-,17+/m1/s1. The molecular formula is C20H28N4O2S. The number of hydrogen-bond acceptors (Lipinski definition) is 4. The largest absolute Gasteiger partial charge is 0.352 e. The SMILES string of the molecule is C[C@@H]1[C@H](C)CCC[C@@H]1NC(=O)CSc1n[nH]c(=O)n1CCc1ccccc1. The Bertz CT molecular complexity index is 802. The van der Waals surface area contributed by atoms with Crippen LogP contribution < -0.4 is 11.0 Å². The van der Waals surface area contributed by atoms with Crippen LogP contribution in [0, 0.1) is 11.8 Å². The van der Waals surface area contributed by atoms with E-state index < -0.39 is 0 Å². The fourth-order valence-electron chi connectivity index (χ4n) is 3.66. The van der Waals surface area contributed by atoms with Crippen molar-refractivity contribution in [2.45, 2.75) is 57.3 Å². The lowest BCUT2D eigenvalue weighted by Crippen LogP contribution is -2.44. The van der Waals surface area contributed by atoms with Crippen LogP contribution in [0.25, 0.3) is 0 Å². The molecule has 0 unspecified atom stereocenters. The summed E-state index contributed by atoms with van der Waals surface area (Å²) in [5, 5.41) is 10.3. The van der Waals surface area contributed by atoms with Crippen LogP contribution in [0.2, 0.25) is 0 Å². The molecule has 1 saturated carbocycles. The number of aromatic nitrogens is 3. The highest BCUT2D eigenvalue weighted by atomic mass is 32.2. The Hall–Kier alpha value is -2.02. The first-order chi connectivity index (χ1) is 13.0. The molecule has 146 valence electrons. The first kappa shape index (κ1) is 19.7. The molecule has 1 aliphatic carbocycles. The van der Waals surface area contributed by atoms with Gasteiger partial charge < -0.3 is 5.32 Å². The maximum absolute atomic E-state index is 12.4.